The SMILES string of the molecule is CC(=O)Nc1c(S(=O)(=O)OF)c(S(=O)(=O)OF)cc(S(=O)(=O)OF)c1S(=O)(=O)OF. The Morgan fingerprint density at radius 1 is 0.700 bits per heavy atom. The lowest BCUT2D eigenvalue weighted by Crippen LogP contribution is -2.22. The van der Waals surface area contributed by atoms with E-state index in [9.17, 15) is 56.6 Å². The van der Waals surface area contributed by atoms with Gasteiger partial charge in [-0.2, -0.15) is 33.7 Å². The predicted octanol–water partition coefficient (Wildman–Crippen LogP) is 0.00420. The van der Waals surface area contributed by atoms with Crippen molar-refractivity contribution in [1.29, 1.82) is 0 Å². The first-order valence-corrected chi connectivity index (χ1v) is 11.8. The Morgan fingerprint density at radius 3 is 1.23 bits per heavy atom. The number of hydrogen-bond acceptors (Lipinski definition) is 13. The summed E-state index contributed by atoms with van der Waals surface area (Å²) in [4.78, 5) is 2.20. The number of hydrogen-bond donors (Lipinski definition) is 1. The summed E-state index contributed by atoms with van der Waals surface area (Å²) in [5.74, 6) is -1.53. The molecule has 0 aliphatic heterocycles. The van der Waals surface area contributed by atoms with Gasteiger partial charge in [-0.05, 0) is 24.2 Å². The van der Waals surface area contributed by atoms with Gasteiger partial charge in [-0.15, -0.1) is 0 Å². The van der Waals surface area contributed by atoms with E-state index >= 15 is 0 Å². The van der Waals surface area contributed by atoms with Crippen LogP contribution in [0.5, 0.6) is 0 Å². The number of anilines is 1. The molecule has 1 N–H and O–H groups in total. The summed E-state index contributed by atoms with van der Waals surface area (Å²) in [5.41, 5.74) is -2.08. The molecule has 1 aromatic rings. The van der Waals surface area contributed by atoms with Crippen LogP contribution in [0.4, 0.5) is 23.8 Å². The normalized spacial score (nSPS) is 13.2. The van der Waals surface area contributed by atoms with Gasteiger partial charge in [-0.3, -0.25) is 4.79 Å². The molecule has 1 rings (SSSR count). The van der Waals surface area contributed by atoms with Crippen LogP contribution >= 0.6 is 0 Å². The van der Waals surface area contributed by atoms with E-state index in [4.69, 9.17) is 0 Å². The van der Waals surface area contributed by atoms with Crippen molar-refractivity contribution < 1.29 is 74.1 Å². The fourth-order valence-corrected chi connectivity index (χ4v) is 6.11. The van der Waals surface area contributed by atoms with Gasteiger partial charge < -0.3 is 5.32 Å². The first-order valence-electron chi connectivity index (χ1n) is 6.22. The summed E-state index contributed by atoms with van der Waals surface area (Å²) in [6, 6.07) is -0.646. The highest BCUT2D eigenvalue weighted by atomic mass is 32.2. The first-order chi connectivity index (χ1) is 13.5. The van der Waals surface area contributed by atoms with Gasteiger partial charge in [-0.1, -0.05) is 17.6 Å². The number of nitrogens with one attached hydrogen (secondary N) is 1. The second-order valence-corrected chi connectivity index (χ2v) is 10.5. The molecule has 172 valence electrons. The summed E-state index contributed by atoms with van der Waals surface area (Å²) in [6.07, 6.45) is 0. The van der Waals surface area contributed by atoms with E-state index < -0.39 is 77.7 Å². The Labute approximate surface area is 164 Å². The molecule has 0 heterocycles. The Kier molecular flexibility index (Phi) is 7.53. The molecule has 30 heavy (non-hydrogen) atoms. The minimum absolute atomic E-state index is 0.478. The van der Waals surface area contributed by atoms with Crippen LogP contribution in [0, 0.1) is 0 Å². The smallest absolute Gasteiger partial charge is 0.324 e. The third-order valence-electron chi connectivity index (χ3n) is 2.84. The lowest BCUT2D eigenvalue weighted by Gasteiger charge is -2.17. The first kappa shape index (κ1) is 26.1. The highest BCUT2D eigenvalue weighted by Gasteiger charge is 2.43. The summed E-state index contributed by atoms with van der Waals surface area (Å²) in [6.45, 7) is 0.478. The molecular formula is C8H5F4NO13S4. The Morgan fingerprint density at radius 2 is 1.00 bits per heavy atom. The Hall–Kier alpha value is -1.95. The molecule has 22 heteroatoms. The third-order valence-corrected chi connectivity index (χ3v) is 7.33. The second kappa shape index (κ2) is 8.66. The van der Waals surface area contributed by atoms with Gasteiger partial charge >= 0.3 is 40.5 Å². The summed E-state index contributed by atoms with van der Waals surface area (Å²) in [5, 5.41) is 1.22. The summed E-state index contributed by atoms with van der Waals surface area (Å²) < 4.78 is 154. The van der Waals surface area contributed by atoms with E-state index in [2.05, 4.69) is 17.6 Å². The van der Waals surface area contributed by atoms with E-state index in [0.717, 1.165) is 0 Å². The van der Waals surface area contributed by atoms with Crippen LogP contribution in [0.25, 0.3) is 0 Å². The van der Waals surface area contributed by atoms with Gasteiger partial charge in [0, 0.05) is 6.92 Å². The minimum Gasteiger partial charge on any atom is -0.324 e. The lowest BCUT2D eigenvalue weighted by atomic mass is 10.3. The van der Waals surface area contributed by atoms with Crippen LogP contribution in [-0.2, 0) is 62.8 Å². The molecule has 0 saturated heterocycles. The number of carbonyl (C=O) groups is 1. The molecule has 0 bridgehead atoms. The molecule has 0 aliphatic rings. The topological polar surface area (TPSA) is 203 Å². The van der Waals surface area contributed by atoms with Crippen molar-refractivity contribution in [2.24, 2.45) is 0 Å². The minimum atomic E-state index is -6.14. The predicted molar refractivity (Wildman–Crippen MR) is 78.3 cm³/mol. The molecule has 0 radical (unpaired) electrons. The van der Waals surface area contributed by atoms with E-state index in [0.29, 0.717) is 6.92 Å². The maximum absolute atomic E-state index is 12.6. The van der Waals surface area contributed by atoms with Crippen molar-refractivity contribution in [3.63, 3.8) is 0 Å². The van der Waals surface area contributed by atoms with Crippen LogP contribution < -0.4 is 5.32 Å². The number of benzene rings is 1. The van der Waals surface area contributed by atoms with E-state index in [1.807, 2.05) is 0 Å². The van der Waals surface area contributed by atoms with Crippen LogP contribution in [0.2, 0.25) is 0 Å². The summed E-state index contributed by atoms with van der Waals surface area (Å²) >= 11 is 0. The zero-order chi connectivity index (χ0) is 23.7. The monoisotopic (exact) mass is 527 g/mol. The molecule has 0 spiro atoms. The summed E-state index contributed by atoms with van der Waals surface area (Å²) in [7, 11) is -24.4. The van der Waals surface area contributed by atoms with Crippen molar-refractivity contribution in [2.45, 2.75) is 26.5 Å². The standard InChI is InChI=1S/C8H5F4NO13S4/c1-3(14)13-6-7(29(19,20)25-11)4(27(15,16)23-9)2-5(28(17,18)24-10)8(6)30(21,22)26-12/h2H,1H3,(H,13,14). The molecule has 0 fully saturated rings. The van der Waals surface area contributed by atoms with Crippen LogP contribution in [0.15, 0.2) is 25.6 Å². The van der Waals surface area contributed by atoms with Gasteiger partial charge in [-0.25, -0.2) is 0 Å². The Balaban J connectivity index is 4.69. The van der Waals surface area contributed by atoms with Gasteiger partial charge in [0.2, 0.25) is 5.91 Å². The van der Waals surface area contributed by atoms with Gasteiger partial charge in [0.05, 0.1) is 5.69 Å². The largest absolute Gasteiger partial charge is 0.330 e. The third kappa shape index (κ3) is 4.85. The van der Waals surface area contributed by atoms with E-state index in [1.54, 1.807) is 0 Å². The quantitative estimate of drug-likeness (QED) is 0.421. The van der Waals surface area contributed by atoms with Crippen molar-refractivity contribution in [1.82, 2.24) is 0 Å². The molecule has 1 amide bonds. The van der Waals surface area contributed by atoms with E-state index in [1.165, 1.54) is 5.32 Å². The average Bonchev–Trinajstić information content (AvgIpc) is 2.66. The molecule has 0 aliphatic carbocycles. The Bertz CT molecular complexity index is 1200. The molecule has 0 saturated carbocycles. The van der Waals surface area contributed by atoms with Crippen molar-refractivity contribution >= 4 is 52.1 Å². The van der Waals surface area contributed by atoms with Gasteiger partial charge in [0.1, 0.15) is 19.6 Å². The maximum atomic E-state index is 12.6. The van der Waals surface area contributed by atoms with E-state index in [-0.39, 0.29) is 0 Å². The zero-order valence-electron chi connectivity index (χ0n) is 13.5. The average molecular weight is 527 g/mol. The lowest BCUT2D eigenvalue weighted by molar-refractivity contribution is -0.114. The number of carbonyl (C=O) groups excluding carboxylic acids is 1. The highest BCUT2D eigenvalue weighted by molar-refractivity contribution is 7.91. The maximum Gasteiger partial charge on any atom is 0.330 e. The van der Waals surface area contributed by atoms with Crippen molar-refractivity contribution in [2.75, 3.05) is 5.32 Å². The molecule has 0 aromatic heterocycles. The number of amides is 1. The molecular weight excluding hydrogens is 522 g/mol. The van der Waals surface area contributed by atoms with Crippen molar-refractivity contribution in [3.8, 4) is 0 Å². The molecule has 0 unspecified atom stereocenters. The van der Waals surface area contributed by atoms with Gasteiger partial charge in [0.25, 0.3) is 0 Å². The number of halogens is 4. The fraction of sp³-hybridized carbons (Fsp3) is 0.125. The zero-order valence-corrected chi connectivity index (χ0v) is 16.8. The molecule has 1 aromatic carbocycles. The molecule has 0 atom stereocenters. The second-order valence-electron chi connectivity index (χ2n) is 4.66. The number of rotatable bonds is 9. The molecule has 14 nitrogen and oxygen atoms in total. The van der Waals surface area contributed by atoms with Crippen molar-refractivity contribution in [3.05, 3.63) is 6.07 Å². The van der Waals surface area contributed by atoms with Crippen LogP contribution in [0.1, 0.15) is 6.92 Å². The fourth-order valence-electron chi connectivity index (χ4n) is 1.89. The highest BCUT2D eigenvalue weighted by Crippen LogP contribution is 2.42. The van der Waals surface area contributed by atoms with Gasteiger partial charge in [0.15, 0.2) is 0 Å². The van der Waals surface area contributed by atoms with Crippen LogP contribution in [0.3, 0.4) is 0 Å². The van der Waals surface area contributed by atoms with Crippen LogP contribution in [-0.4, -0.2) is 39.6 Å².